The number of nitrogens with zero attached hydrogens (tertiary/aromatic N) is 4. The average molecular weight is 364 g/mol. The van der Waals surface area contributed by atoms with Crippen LogP contribution in [0, 0.1) is 0 Å². The summed E-state index contributed by atoms with van der Waals surface area (Å²) in [5.41, 5.74) is 10.4. The van der Waals surface area contributed by atoms with E-state index in [1.165, 1.54) is 24.1 Å². The van der Waals surface area contributed by atoms with Gasteiger partial charge in [0.25, 0.3) is 0 Å². The first kappa shape index (κ1) is 17.1. The van der Waals surface area contributed by atoms with Gasteiger partial charge in [0, 0.05) is 51.2 Å². The molecule has 2 aliphatic heterocycles. The van der Waals surface area contributed by atoms with Gasteiger partial charge in [0.1, 0.15) is 0 Å². The summed E-state index contributed by atoms with van der Waals surface area (Å²) in [5, 5.41) is 9.96. The molecule has 2 aromatic rings. The normalized spacial score (nSPS) is 26.7. The van der Waals surface area contributed by atoms with Crippen LogP contribution in [0.3, 0.4) is 0 Å². The molecule has 6 nitrogen and oxygen atoms in total. The molecule has 2 saturated heterocycles. The van der Waals surface area contributed by atoms with Crippen molar-refractivity contribution in [3.8, 4) is 0 Å². The molecule has 0 aromatic carbocycles. The van der Waals surface area contributed by atoms with Crippen molar-refractivity contribution < 1.29 is 5.11 Å². The van der Waals surface area contributed by atoms with Crippen molar-refractivity contribution in [2.75, 3.05) is 31.1 Å². The van der Waals surface area contributed by atoms with Crippen molar-refractivity contribution >= 4 is 23.7 Å². The van der Waals surface area contributed by atoms with Gasteiger partial charge in [-0.25, -0.2) is 4.98 Å². The summed E-state index contributed by atoms with van der Waals surface area (Å²) in [7, 11) is 0. The zero-order valence-corrected chi connectivity index (χ0v) is 15.2. The van der Waals surface area contributed by atoms with Gasteiger partial charge < -0.3 is 20.1 Å². The fraction of sp³-hybridized carbons (Fsp3) is 0.611. The molecule has 0 spiro atoms. The Morgan fingerprint density at radius 1 is 1.20 bits per heavy atom. The molecular weight excluding hydrogens is 338 g/mol. The maximum Gasteiger partial charge on any atom is 0.160 e. The van der Waals surface area contributed by atoms with E-state index in [1.807, 2.05) is 0 Å². The van der Waals surface area contributed by atoms with Crippen molar-refractivity contribution in [1.82, 2.24) is 14.3 Å². The van der Waals surface area contributed by atoms with Gasteiger partial charge in [-0.3, -0.25) is 4.90 Å². The molecule has 0 radical (unpaired) electrons. The fourth-order valence-electron chi connectivity index (χ4n) is 4.36. The SMILES string of the molecule is Cl.NCc1cn2cc(C3CC3)cc(N3CCN4CC(O)CC4C3)c2n1. The minimum atomic E-state index is -0.164. The van der Waals surface area contributed by atoms with E-state index in [-0.39, 0.29) is 18.5 Å². The smallest absolute Gasteiger partial charge is 0.160 e. The first-order valence-corrected chi connectivity index (χ1v) is 9.10. The van der Waals surface area contributed by atoms with Crippen molar-refractivity contribution in [1.29, 1.82) is 0 Å². The quantitative estimate of drug-likeness (QED) is 0.861. The van der Waals surface area contributed by atoms with Gasteiger partial charge in [-0.1, -0.05) is 0 Å². The topological polar surface area (TPSA) is 70.0 Å². The number of pyridine rings is 1. The van der Waals surface area contributed by atoms with Crippen molar-refractivity contribution in [2.24, 2.45) is 5.73 Å². The Hall–Kier alpha value is -1.34. The predicted octanol–water partition coefficient (Wildman–Crippen LogP) is 1.35. The van der Waals surface area contributed by atoms with E-state index in [1.54, 1.807) is 0 Å². The predicted molar refractivity (Wildman–Crippen MR) is 101 cm³/mol. The number of rotatable bonds is 3. The van der Waals surface area contributed by atoms with Gasteiger partial charge in [-0.15, -0.1) is 12.4 Å². The van der Waals surface area contributed by atoms with Crippen LogP contribution in [-0.2, 0) is 6.54 Å². The summed E-state index contributed by atoms with van der Waals surface area (Å²) < 4.78 is 2.17. The zero-order valence-electron chi connectivity index (χ0n) is 14.3. The molecule has 2 unspecified atom stereocenters. The van der Waals surface area contributed by atoms with E-state index in [9.17, 15) is 5.11 Å². The highest BCUT2D eigenvalue weighted by atomic mass is 35.5. The van der Waals surface area contributed by atoms with Crippen LogP contribution in [0.1, 0.15) is 36.4 Å². The van der Waals surface area contributed by atoms with Crippen molar-refractivity contribution in [3.05, 3.63) is 29.7 Å². The van der Waals surface area contributed by atoms with E-state index in [0.717, 1.165) is 43.9 Å². The van der Waals surface area contributed by atoms with Crippen LogP contribution < -0.4 is 10.6 Å². The molecule has 0 bridgehead atoms. The van der Waals surface area contributed by atoms with Crippen molar-refractivity contribution in [2.45, 2.75) is 43.9 Å². The lowest BCUT2D eigenvalue weighted by Crippen LogP contribution is -2.50. The summed E-state index contributed by atoms with van der Waals surface area (Å²) in [6, 6.07) is 2.81. The molecule has 0 amide bonds. The van der Waals surface area contributed by atoms with E-state index in [0.29, 0.717) is 18.5 Å². The van der Waals surface area contributed by atoms with Crippen LogP contribution in [0.4, 0.5) is 5.69 Å². The second kappa shape index (κ2) is 6.43. The van der Waals surface area contributed by atoms with Crippen LogP contribution in [0.25, 0.3) is 5.65 Å². The summed E-state index contributed by atoms with van der Waals surface area (Å²) in [5.74, 6) is 0.714. The number of piperazine rings is 1. The Labute approximate surface area is 154 Å². The maximum atomic E-state index is 9.96. The Morgan fingerprint density at radius 2 is 2.04 bits per heavy atom. The molecule has 1 aliphatic carbocycles. The second-order valence-electron chi connectivity index (χ2n) is 7.58. The van der Waals surface area contributed by atoms with Crippen LogP contribution in [0.2, 0.25) is 0 Å². The van der Waals surface area contributed by atoms with E-state index < -0.39 is 0 Å². The van der Waals surface area contributed by atoms with Crippen molar-refractivity contribution in [3.63, 3.8) is 0 Å². The number of hydrogen-bond donors (Lipinski definition) is 2. The Morgan fingerprint density at radius 3 is 2.80 bits per heavy atom. The first-order valence-electron chi connectivity index (χ1n) is 9.10. The van der Waals surface area contributed by atoms with E-state index in [4.69, 9.17) is 10.7 Å². The van der Waals surface area contributed by atoms with Gasteiger partial charge >= 0.3 is 0 Å². The van der Waals surface area contributed by atoms with Gasteiger partial charge in [0.2, 0.25) is 0 Å². The minimum Gasteiger partial charge on any atom is -0.392 e. The maximum absolute atomic E-state index is 9.96. The van der Waals surface area contributed by atoms with E-state index >= 15 is 0 Å². The number of hydrogen-bond acceptors (Lipinski definition) is 5. The highest BCUT2D eigenvalue weighted by Crippen LogP contribution is 2.42. The molecule has 3 aliphatic rings. The Kier molecular flexibility index (Phi) is 4.40. The monoisotopic (exact) mass is 363 g/mol. The van der Waals surface area contributed by atoms with Gasteiger partial charge in [0.05, 0.1) is 17.5 Å². The van der Waals surface area contributed by atoms with Crippen LogP contribution in [-0.4, -0.2) is 57.7 Å². The van der Waals surface area contributed by atoms with E-state index in [2.05, 4.69) is 32.7 Å². The van der Waals surface area contributed by atoms with Crippen LogP contribution in [0.15, 0.2) is 18.5 Å². The molecule has 136 valence electrons. The summed E-state index contributed by atoms with van der Waals surface area (Å²) in [4.78, 5) is 9.66. The second-order valence-corrected chi connectivity index (χ2v) is 7.58. The molecule has 3 N–H and O–H groups in total. The lowest BCUT2D eigenvalue weighted by molar-refractivity contribution is 0.173. The molecule has 4 heterocycles. The molecule has 7 heteroatoms. The average Bonchev–Trinajstić information content (AvgIpc) is 3.24. The first-order chi connectivity index (χ1) is 11.7. The molecular formula is C18H26ClN5O. The number of aromatic nitrogens is 2. The number of imidazole rings is 1. The largest absolute Gasteiger partial charge is 0.392 e. The summed E-state index contributed by atoms with van der Waals surface area (Å²) >= 11 is 0. The third kappa shape index (κ3) is 3.01. The molecule has 1 saturated carbocycles. The lowest BCUT2D eigenvalue weighted by Gasteiger charge is -2.38. The summed E-state index contributed by atoms with van der Waals surface area (Å²) in [6.07, 6.45) is 7.62. The standard InChI is InChI=1S/C18H25N5O.ClH/c19-7-14-9-23-8-13(12-1-2-12)5-17(18(23)20-14)22-4-3-21-11-16(24)6-15(21)10-22;/h5,8-9,12,15-16,24H,1-4,6-7,10-11,19H2;1H. The number of aliphatic hydroxyl groups excluding tert-OH is 1. The molecule has 3 fully saturated rings. The fourth-order valence-corrected chi connectivity index (χ4v) is 4.36. The minimum absolute atomic E-state index is 0. The van der Waals surface area contributed by atoms with Crippen LogP contribution in [0.5, 0.6) is 0 Å². The third-order valence-electron chi connectivity index (χ3n) is 5.80. The number of aliphatic hydroxyl groups is 1. The number of anilines is 1. The van der Waals surface area contributed by atoms with Gasteiger partial charge in [0.15, 0.2) is 5.65 Å². The molecule has 2 aromatic heterocycles. The van der Waals surface area contributed by atoms with Gasteiger partial charge in [-0.05, 0) is 36.8 Å². The highest BCUT2D eigenvalue weighted by Gasteiger charge is 2.36. The number of nitrogens with two attached hydrogens (primary N) is 1. The number of fused-ring (bicyclic) bond motifs is 2. The lowest BCUT2D eigenvalue weighted by atomic mass is 10.1. The molecule has 5 rings (SSSR count). The third-order valence-corrected chi connectivity index (χ3v) is 5.80. The highest BCUT2D eigenvalue weighted by molar-refractivity contribution is 5.85. The van der Waals surface area contributed by atoms with Gasteiger partial charge in [-0.2, -0.15) is 0 Å². The molecule has 2 atom stereocenters. The Bertz CT molecular complexity index is 774. The van der Waals surface area contributed by atoms with Crippen LogP contribution >= 0.6 is 12.4 Å². The molecule has 25 heavy (non-hydrogen) atoms. The zero-order chi connectivity index (χ0) is 16.3. The Balaban J connectivity index is 0.00000157. The number of halogens is 1. The summed E-state index contributed by atoms with van der Waals surface area (Å²) in [6.45, 7) is 4.30.